The second-order valence-corrected chi connectivity index (χ2v) is 16.2. The normalized spacial score (nSPS) is 39.1. The van der Waals surface area contributed by atoms with E-state index in [2.05, 4.69) is 22.0 Å². The van der Waals surface area contributed by atoms with Crippen LogP contribution in [-0.2, 0) is 42.9 Å². The third kappa shape index (κ3) is 10.7. The highest BCUT2D eigenvalue weighted by Crippen LogP contribution is 2.40. The number of aromatic nitrogens is 1. The van der Waals surface area contributed by atoms with Crippen LogP contribution >= 0.6 is 0 Å². The molecule has 14 heteroatoms. The zero-order valence-corrected chi connectivity index (χ0v) is 34.7. The van der Waals surface area contributed by atoms with E-state index in [-0.39, 0.29) is 38.2 Å². The minimum absolute atomic E-state index is 0.0481. The summed E-state index contributed by atoms with van der Waals surface area (Å²) in [4.78, 5) is 51.9. The summed E-state index contributed by atoms with van der Waals surface area (Å²) in [5.41, 5.74) is -1.69. The SMILES string of the molecule is CC[C@H]1OC(=O)[C@H](C)C(=O)[C@H](C)[C@@H](O[C@@H]2O[C@H](C)C[C@H](N(C)C)[C@H]2O)[C@@]2(C)C[C@@H](C)/C(=N\OC(C)=O)[C@H](C)[C@H](OC/C(=C/C#Cc3ccccn3)CO2)[C@]1(C)O. The number of aliphatic hydroxyl groups is 2. The minimum Gasteiger partial charge on any atom is -0.459 e. The van der Waals surface area contributed by atoms with Gasteiger partial charge in [0.15, 0.2) is 12.1 Å². The van der Waals surface area contributed by atoms with Crippen molar-refractivity contribution < 1.29 is 53.1 Å². The Hall–Kier alpha value is -3.55. The molecule has 2 N–H and O–H groups in total. The van der Waals surface area contributed by atoms with Gasteiger partial charge in [0.25, 0.3) is 0 Å². The molecule has 4 heterocycles. The number of esters is 1. The predicted octanol–water partition coefficient (Wildman–Crippen LogP) is 3.85. The number of rotatable bonds is 5. The highest BCUT2D eigenvalue weighted by atomic mass is 16.7. The number of hydrogen-bond acceptors (Lipinski definition) is 14. The van der Waals surface area contributed by atoms with Crippen LogP contribution in [0.25, 0.3) is 0 Å². The Labute approximate surface area is 331 Å². The van der Waals surface area contributed by atoms with E-state index in [9.17, 15) is 24.6 Å². The molecule has 3 aliphatic rings. The van der Waals surface area contributed by atoms with Crippen molar-refractivity contribution in [2.45, 2.75) is 136 Å². The number of nitrogens with zero attached hydrogens (tertiary/aromatic N) is 3. The maximum atomic E-state index is 14.5. The summed E-state index contributed by atoms with van der Waals surface area (Å²) >= 11 is 0. The van der Waals surface area contributed by atoms with E-state index in [1.165, 1.54) is 20.8 Å². The molecule has 3 fully saturated rings. The predicted molar refractivity (Wildman–Crippen MR) is 207 cm³/mol. The molecule has 14 nitrogen and oxygen atoms in total. The Morgan fingerprint density at radius 1 is 1.12 bits per heavy atom. The molecule has 3 aliphatic heterocycles. The van der Waals surface area contributed by atoms with Crippen molar-refractivity contribution in [3.05, 3.63) is 41.7 Å². The largest absolute Gasteiger partial charge is 0.459 e. The summed E-state index contributed by atoms with van der Waals surface area (Å²) in [7, 11) is 3.73. The average Bonchev–Trinajstić information content (AvgIpc) is 3.15. The molecule has 0 spiro atoms. The quantitative estimate of drug-likeness (QED) is 0.145. The van der Waals surface area contributed by atoms with Crippen LogP contribution in [0, 0.1) is 35.5 Å². The number of ether oxygens (including phenoxy) is 5. The number of carbonyl (C=O) groups excluding carboxylic acids is 3. The third-order valence-electron chi connectivity index (χ3n) is 11.3. The Bertz CT molecular complexity index is 1650. The van der Waals surface area contributed by atoms with Gasteiger partial charge in [-0.1, -0.05) is 44.8 Å². The number of aliphatic hydroxyl groups excluding tert-OH is 1. The van der Waals surface area contributed by atoms with Crippen molar-refractivity contribution in [3.8, 4) is 11.8 Å². The fourth-order valence-electron chi connectivity index (χ4n) is 8.20. The van der Waals surface area contributed by atoms with Gasteiger partial charge >= 0.3 is 11.9 Å². The first-order valence-corrected chi connectivity index (χ1v) is 19.5. The molecule has 0 amide bonds. The lowest BCUT2D eigenvalue weighted by atomic mass is 9.74. The second-order valence-electron chi connectivity index (χ2n) is 16.2. The number of hydrogen-bond donors (Lipinski definition) is 2. The summed E-state index contributed by atoms with van der Waals surface area (Å²) in [5.74, 6) is 0.595. The highest BCUT2D eigenvalue weighted by molar-refractivity contribution is 6.00. The lowest BCUT2D eigenvalue weighted by Crippen LogP contribution is -2.60. The number of Topliss-reactive ketones (excluding diaryl/α,β-unsaturated/α-hetero) is 1. The number of ketones is 1. The van der Waals surface area contributed by atoms with E-state index < -0.39 is 83.3 Å². The smallest absolute Gasteiger partial charge is 0.331 e. The molecule has 0 radical (unpaired) electrons. The van der Waals surface area contributed by atoms with Crippen LogP contribution in [0.3, 0.4) is 0 Å². The van der Waals surface area contributed by atoms with Crippen LogP contribution in [0.1, 0.15) is 87.3 Å². The van der Waals surface area contributed by atoms with Gasteiger partial charge < -0.3 is 43.6 Å². The Morgan fingerprint density at radius 2 is 1.84 bits per heavy atom. The topological polar surface area (TPSA) is 176 Å². The van der Waals surface area contributed by atoms with E-state index in [4.69, 9.17) is 28.5 Å². The molecule has 13 atom stereocenters. The zero-order valence-electron chi connectivity index (χ0n) is 34.7. The molecule has 56 heavy (non-hydrogen) atoms. The lowest BCUT2D eigenvalue weighted by Gasteiger charge is -2.47. The van der Waals surface area contributed by atoms with Crippen molar-refractivity contribution in [2.24, 2.45) is 28.8 Å². The summed E-state index contributed by atoms with van der Waals surface area (Å²) in [6, 6.07) is 5.10. The van der Waals surface area contributed by atoms with Crippen LogP contribution in [0.15, 0.2) is 41.2 Å². The van der Waals surface area contributed by atoms with Gasteiger partial charge in [0.2, 0.25) is 0 Å². The number of carbonyl (C=O) groups is 3. The van der Waals surface area contributed by atoms with E-state index in [1.807, 2.05) is 38.9 Å². The van der Waals surface area contributed by atoms with Gasteiger partial charge in [-0.3, -0.25) is 9.59 Å². The highest BCUT2D eigenvalue weighted by Gasteiger charge is 2.53. The maximum Gasteiger partial charge on any atom is 0.331 e. The molecular weight excluding hydrogens is 722 g/mol. The molecule has 1 aromatic heterocycles. The van der Waals surface area contributed by atoms with Crippen molar-refractivity contribution in [2.75, 3.05) is 27.3 Å². The van der Waals surface area contributed by atoms with Crippen molar-refractivity contribution in [1.82, 2.24) is 9.88 Å². The van der Waals surface area contributed by atoms with E-state index >= 15 is 0 Å². The van der Waals surface area contributed by atoms with Crippen LogP contribution in [0.4, 0.5) is 0 Å². The van der Waals surface area contributed by atoms with Crippen LogP contribution < -0.4 is 0 Å². The van der Waals surface area contributed by atoms with Crippen LogP contribution in [0.2, 0.25) is 0 Å². The Balaban J connectivity index is 1.98. The number of cyclic esters (lactones) is 1. The second kappa shape index (κ2) is 19.3. The van der Waals surface area contributed by atoms with E-state index in [1.54, 1.807) is 52.1 Å². The van der Waals surface area contributed by atoms with Gasteiger partial charge in [-0.25, -0.2) is 9.78 Å². The van der Waals surface area contributed by atoms with Gasteiger partial charge in [0.1, 0.15) is 29.4 Å². The summed E-state index contributed by atoms with van der Waals surface area (Å²) < 4.78 is 32.5. The standard InChI is InChI=1S/C42H61N3O11/c1-12-33-42(9,50)38-26(4)34(44-56-29(7)46)24(2)21-41(8,52-23-30(22-51-38)16-15-18-31-17-13-14-19-43-31)37(27(5)35(47)28(6)39(49)54-33)55-40-36(48)32(45(10)11)20-25(3)53-40/h13-14,16-17,19,24-28,32-33,36-38,40,48,50H,12,20-23H2,1-11H3/b30-16-,44-34+/t24-,25-,26+,27+,28-,32+,33-,36-,37-,38+,40+,41-,42-/m1/s1. The number of allylic oxidation sites excluding steroid dienone is 1. The Kier molecular flexibility index (Phi) is 15.5. The zero-order chi connectivity index (χ0) is 41.5. The fourth-order valence-corrected chi connectivity index (χ4v) is 8.20. The van der Waals surface area contributed by atoms with Gasteiger partial charge in [-0.05, 0) is 90.8 Å². The maximum absolute atomic E-state index is 14.5. The first kappa shape index (κ1) is 45.2. The fraction of sp³-hybridized carbons (Fsp3) is 0.690. The van der Waals surface area contributed by atoms with E-state index in [0.717, 1.165) is 0 Å². The molecule has 0 aromatic carbocycles. The minimum atomic E-state index is -1.83. The molecule has 0 saturated carbocycles. The van der Waals surface area contributed by atoms with Gasteiger partial charge in [-0.2, -0.15) is 0 Å². The number of likely N-dealkylation sites (N-methyl/N-ethyl adjacent to an activating group) is 1. The van der Waals surface area contributed by atoms with Crippen molar-refractivity contribution in [1.29, 1.82) is 0 Å². The van der Waals surface area contributed by atoms with E-state index in [0.29, 0.717) is 23.4 Å². The summed E-state index contributed by atoms with van der Waals surface area (Å²) in [6.45, 7) is 14.9. The van der Waals surface area contributed by atoms with Crippen molar-refractivity contribution in [3.63, 3.8) is 0 Å². The molecule has 0 unspecified atom stereocenters. The molecule has 0 aliphatic carbocycles. The molecule has 2 bridgehead atoms. The third-order valence-corrected chi connectivity index (χ3v) is 11.3. The molecular formula is C42H61N3O11. The number of pyridine rings is 1. The molecule has 3 saturated heterocycles. The summed E-state index contributed by atoms with van der Waals surface area (Å²) in [6.07, 6.45) is -1.68. The van der Waals surface area contributed by atoms with Gasteiger partial charge in [0, 0.05) is 36.9 Å². The van der Waals surface area contributed by atoms with Crippen molar-refractivity contribution >= 4 is 23.4 Å². The summed E-state index contributed by atoms with van der Waals surface area (Å²) in [5, 5.41) is 28.3. The molecule has 1 aromatic rings. The number of fused-ring (bicyclic) bond motifs is 5. The molecule has 4 rings (SSSR count). The Morgan fingerprint density at radius 3 is 2.46 bits per heavy atom. The van der Waals surface area contributed by atoms with Crippen LogP contribution in [-0.4, -0.2) is 125 Å². The van der Waals surface area contributed by atoms with Crippen LogP contribution in [0.5, 0.6) is 0 Å². The monoisotopic (exact) mass is 783 g/mol. The number of oxime groups is 1. The van der Waals surface area contributed by atoms with Gasteiger partial charge in [0.05, 0.1) is 42.8 Å². The van der Waals surface area contributed by atoms with Gasteiger partial charge in [-0.15, -0.1) is 0 Å². The lowest BCUT2D eigenvalue weighted by molar-refractivity contribution is -0.296. The first-order chi connectivity index (χ1) is 26.3. The average molecular weight is 784 g/mol. The molecule has 310 valence electrons. The first-order valence-electron chi connectivity index (χ1n) is 19.5.